The van der Waals surface area contributed by atoms with Crippen LogP contribution in [0.25, 0.3) is 0 Å². The molecule has 3 N–H and O–H groups in total. The molecule has 110 valence electrons. The molecule has 1 aromatic heterocycles. The number of nitro groups is 1. The van der Waals surface area contributed by atoms with Crippen LogP contribution in [-0.2, 0) is 0 Å². The van der Waals surface area contributed by atoms with Crippen molar-refractivity contribution in [1.82, 2.24) is 4.98 Å². The highest BCUT2D eigenvalue weighted by Crippen LogP contribution is 2.20. The molecule has 1 unspecified atom stereocenters. The van der Waals surface area contributed by atoms with Crippen molar-refractivity contribution in [3.63, 3.8) is 0 Å². The molecule has 8 nitrogen and oxygen atoms in total. The molecule has 0 aliphatic carbocycles. The van der Waals surface area contributed by atoms with E-state index in [9.17, 15) is 10.1 Å². The van der Waals surface area contributed by atoms with Crippen LogP contribution in [0.4, 0.5) is 5.69 Å². The van der Waals surface area contributed by atoms with E-state index in [1.54, 1.807) is 0 Å². The zero-order valence-corrected chi connectivity index (χ0v) is 11.4. The van der Waals surface area contributed by atoms with Gasteiger partial charge in [-0.05, 0) is 12.3 Å². The Hall–Kier alpha value is -2.38. The lowest BCUT2D eigenvalue weighted by Gasteiger charge is -2.11. The van der Waals surface area contributed by atoms with E-state index < -0.39 is 10.8 Å². The highest BCUT2D eigenvalue weighted by molar-refractivity contribution is 5.98. The summed E-state index contributed by atoms with van der Waals surface area (Å²) in [5, 5.41) is 22.2. The Balaban J connectivity index is 2.93. The van der Waals surface area contributed by atoms with E-state index in [1.165, 1.54) is 12.1 Å². The molecule has 1 rings (SSSR count). The summed E-state index contributed by atoms with van der Waals surface area (Å²) in [5.74, 6) is 0.133. The number of hydrogen-bond acceptors (Lipinski definition) is 6. The number of nitrogens with zero attached hydrogens (tertiary/aromatic N) is 3. The fraction of sp³-hybridized carbons (Fsp3) is 0.500. The van der Waals surface area contributed by atoms with Crippen molar-refractivity contribution in [2.75, 3.05) is 6.61 Å². The molecule has 0 fully saturated rings. The van der Waals surface area contributed by atoms with Crippen LogP contribution in [-0.4, -0.2) is 27.6 Å². The lowest BCUT2D eigenvalue weighted by atomic mass is 10.1. The van der Waals surface area contributed by atoms with Gasteiger partial charge in [-0.15, -0.1) is 0 Å². The van der Waals surface area contributed by atoms with Gasteiger partial charge in [0.25, 0.3) is 5.69 Å². The van der Waals surface area contributed by atoms with Gasteiger partial charge in [-0.1, -0.05) is 25.4 Å². The number of aromatic nitrogens is 1. The van der Waals surface area contributed by atoms with Crippen LogP contribution in [0, 0.1) is 16.0 Å². The van der Waals surface area contributed by atoms with E-state index in [4.69, 9.17) is 15.7 Å². The molecule has 1 atom stereocenters. The normalized spacial score (nSPS) is 13.0. The first kappa shape index (κ1) is 15.7. The number of oxime groups is 1. The smallest absolute Gasteiger partial charge is 0.299 e. The zero-order chi connectivity index (χ0) is 15.1. The first-order valence-corrected chi connectivity index (χ1v) is 6.25. The summed E-state index contributed by atoms with van der Waals surface area (Å²) >= 11 is 0. The minimum absolute atomic E-state index is 0.208. The molecule has 20 heavy (non-hydrogen) atoms. The maximum atomic E-state index is 10.8. The van der Waals surface area contributed by atoms with Crippen molar-refractivity contribution >= 4 is 11.5 Å². The number of rotatable bonds is 7. The van der Waals surface area contributed by atoms with Gasteiger partial charge in [0.1, 0.15) is 0 Å². The Kier molecular flexibility index (Phi) is 5.70. The minimum atomic E-state index is -0.649. The maximum absolute atomic E-state index is 10.8. The predicted molar refractivity (Wildman–Crippen MR) is 73.0 cm³/mol. The molecular weight excluding hydrogens is 264 g/mol. The van der Waals surface area contributed by atoms with Gasteiger partial charge in [0.05, 0.1) is 11.5 Å². The third kappa shape index (κ3) is 4.08. The summed E-state index contributed by atoms with van der Waals surface area (Å²) in [7, 11) is 0. The van der Waals surface area contributed by atoms with Crippen LogP contribution in [0.2, 0.25) is 0 Å². The molecule has 1 heterocycles. The number of hydrogen-bond donors (Lipinski definition) is 2. The van der Waals surface area contributed by atoms with Gasteiger partial charge in [-0.2, -0.15) is 0 Å². The number of amidine groups is 1. The van der Waals surface area contributed by atoms with Crippen molar-refractivity contribution in [2.45, 2.75) is 26.7 Å². The third-order valence-electron chi connectivity index (χ3n) is 2.69. The first-order valence-electron chi connectivity index (χ1n) is 6.25. The van der Waals surface area contributed by atoms with Gasteiger partial charge in [-0.25, -0.2) is 4.98 Å². The Morgan fingerprint density at radius 2 is 2.35 bits per heavy atom. The zero-order valence-electron chi connectivity index (χ0n) is 11.4. The van der Waals surface area contributed by atoms with E-state index in [2.05, 4.69) is 17.1 Å². The van der Waals surface area contributed by atoms with Crippen molar-refractivity contribution in [3.05, 3.63) is 27.9 Å². The summed E-state index contributed by atoms with van der Waals surface area (Å²) in [4.78, 5) is 14.1. The molecular formula is C12H18N4O4. The maximum Gasteiger partial charge on any atom is 0.299 e. The summed E-state index contributed by atoms with van der Waals surface area (Å²) in [6.45, 7) is 4.57. The van der Waals surface area contributed by atoms with E-state index in [1.807, 2.05) is 6.92 Å². The number of nitrogens with two attached hydrogens (primary N) is 1. The van der Waals surface area contributed by atoms with Crippen molar-refractivity contribution in [2.24, 2.45) is 16.8 Å². The van der Waals surface area contributed by atoms with Crippen molar-refractivity contribution in [3.8, 4) is 5.88 Å². The average Bonchev–Trinajstić information content (AvgIpc) is 2.44. The largest absolute Gasteiger partial charge is 0.477 e. The van der Waals surface area contributed by atoms with Gasteiger partial charge in [0.2, 0.25) is 5.88 Å². The van der Waals surface area contributed by atoms with Crippen LogP contribution in [0.1, 0.15) is 32.4 Å². The third-order valence-corrected chi connectivity index (χ3v) is 2.69. The van der Waals surface area contributed by atoms with Gasteiger partial charge >= 0.3 is 0 Å². The fourth-order valence-corrected chi connectivity index (χ4v) is 1.70. The molecule has 0 aliphatic rings. The number of pyridine rings is 1. The van der Waals surface area contributed by atoms with Crippen LogP contribution in [0.3, 0.4) is 0 Å². The molecule has 0 amide bonds. The fourth-order valence-electron chi connectivity index (χ4n) is 1.70. The Labute approximate surface area is 116 Å². The quantitative estimate of drug-likeness (QED) is 0.259. The van der Waals surface area contributed by atoms with E-state index in [-0.39, 0.29) is 17.3 Å². The van der Waals surface area contributed by atoms with Gasteiger partial charge < -0.3 is 15.7 Å². The van der Waals surface area contributed by atoms with Gasteiger partial charge in [0, 0.05) is 12.1 Å². The predicted octanol–water partition coefficient (Wildman–Crippen LogP) is 1.90. The summed E-state index contributed by atoms with van der Waals surface area (Å²) in [6, 6.07) is 2.62. The minimum Gasteiger partial charge on any atom is -0.477 e. The SMILES string of the molecule is CCCC(C)COc1ccc([N+](=O)[O-])c(/C(N)=N/O)n1. The first-order chi connectivity index (χ1) is 9.49. The highest BCUT2D eigenvalue weighted by atomic mass is 16.6. The second kappa shape index (κ2) is 7.27. The monoisotopic (exact) mass is 282 g/mol. The molecule has 1 aromatic rings. The molecule has 0 radical (unpaired) electrons. The van der Waals surface area contributed by atoms with Crippen LogP contribution < -0.4 is 10.5 Å². The highest BCUT2D eigenvalue weighted by Gasteiger charge is 2.20. The molecule has 0 bridgehead atoms. The van der Waals surface area contributed by atoms with Crippen molar-refractivity contribution < 1.29 is 14.9 Å². The molecule has 0 aromatic carbocycles. The molecule has 0 spiro atoms. The lowest BCUT2D eigenvalue weighted by molar-refractivity contribution is -0.385. The molecule has 8 heteroatoms. The number of ether oxygens (including phenoxy) is 1. The van der Waals surface area contributed by atoms with Gasteiger partial charge in [0.15, 0.2) is 11.5 Å². The molecule has 0 aliphatic heterocycles. The van der Waals surface area contributed by atoms with E-state index in [0.29, 0.717) is 12.5 Å². The van der Waals surface area contributed by atoms with Gasteiger partial charge in [-0.3, -0.25) is 10.1 Å². The summed E-state index contributed by atoms with van der Waals surface area (Å²) < 4.78 is 5.46. The molecule has 0 saturated carbocycles. The molecule has 0 saturated heterocycles. The second-order valence-electron chi connectivity index (χ2n) is 4.46. The van der Waals surface area contributed by atoms with E-state index >= 15 is 0 Å². The van der Waals surface area contributed by atoms with Crippen molar-refractivity contribution in [1.29, 1.82) is 0 Å². The lowest BCUT2D eigenvalue weighted by Crippen LogP contribution is -2.18. The van der Waals surface area contributed by atoms with Crippen LogP contribution in [0.5, 0.6) is 5.88 Å². The standard InChI is InChI=1S/C12H18N4O4/c1-3-4-8(2)7-20-10-6-5-9(16(18)19)11(14-10)12(13)15-17/h5-6,8,17H,3-4,7H2,1-2H3,(H2,13,15). The Bertz CT molecular complexity index is 504. The summed E-state index contributed by atoms with van der Waals surface area (Å²) in [5.41, 5.74) is 4.83. The van der Waals surface area contributed by atoms with Crippen LogP contribution in [0.15, 0.2) is 17.3 Å². The Morgan fingerprint density at radius 3 is 2.90 bits per heavy atom. The topological polar surface area (TPSA) is 124 Å². The second-order valence-corrected chi connectivity index (χ2v) is 4.46. The average molecular weight is 282 g/mol. The van der Waals surface area contributed by atoms with E-state index in [0.717, 1.165) is 12.8 Å². The van der Waals surface area contributed by atoms with Crippen LogP contribution >= 0.6 is 0 Å². The Morgan fingerprint density at radius 1 is 1.65 bits per heavy atom. The summed E-state index contributed by atoms with van der Waals surface area (Å²) in [6.07, 6.45) is 2.06.